The van der Waals surface area contributed by atoms with Crippen molar-refractivity contribution < 1.29 is 13.9 Å². The van der Waals surface area contributed by atoms with Crippen LogP contribution < -0.4 is 5.56 Å². The molecule has 0 aliphatic carbocycles. The molecule has 0 spiro atoms. The highest BCUT2D eigenvalue weighted by Gasteiger charge is 2.14. The van der Waals surface area contributed by atoms with Crippen LogP contribution in [0.1, 0.15) is 0 Å². The van der Waals surface area contributed by atoms with Gasteiger partial charge < -0.3 is 9.72 Å². The molecule has 0 atom stereocenters. The van der Waals surface area contributed by atoms with Crippen molar-refractivity contribution in [2.45, 2.75) is 5.16 Å². The summed E-state index contributed by atoms with van der Waals surface area (Å²) >= 11 is 2.43. The fraction of sp³-hybridized carbons (Fsp3) is 0.133. The molecule has 0 saturated carbocycles. The Bertz CT molecular complexity index is 919. The van der Waals surface area contributed by atoms with Gasteiger partial charge in [-0.3, -0.25) is 9.59 Å². The summed E-state index contributed by atoms with van der Waals surface area (Å²) in [7, 11) is 1.30. The molecule has 0 unspecified atom stereocenters. The minimum absolute atomic E-state index is 0.0706. The zero-order valence-electron chi connectivity index (χ0n) is 12.0. The number of fused-ring (bicyclic) bond motifs is 1. The van der Waals surface area contributed by atoms with E-state index in [0.717, 1.165) is 17.3 Å². The van der Waals surface area contributed by atoms with Gasteiger partial charge in [-0.2, -0.15) is 0 Å². The Morgan fingerprint density at radius 1 is 1.39 bits per heavy atom. The average molecular weight is 350 g/mol. The first-order chi connectivity index (χ1) is 11.1. The number of methoxy groups -OCH3 is 1. The number of aromatic nitrogens is 2. The number of hydrogen-bond donors (Lipinski definition) is 1. The highest BCUT2D eigenvalue weighted by molar-refractivity contribution is 7.99. The molecule has 8 heteroatoms. The standard InChI is InChI=1S/C15H11FN2O3S2/c1-21-11(19)7-23-15-17-13(20)12-10(6-22-14(12)18-15)8-2-4-9(16)5-3-8/h2-6H,7H2,1H3,(H,17,18,20). The second-order valence-corrected chi connectivity index (χ2v) is 6.39. The Balaban J connectivity index is 1.99. The van der Waals surface area contributed by atoms with E-state index in [-0.39, 0.29) is 17.1 Å². The summed E-state index contributed by atoms with van der Waals surface area (Å²) in [5.74, 6) is -0.654. The maximum Gasteiger partial charge on any atom is 0.316 e. The van der Waals surface area contributed by atoms with E-state index in [2.05, 4.69) is 14.7 Å². The van der Waals surface area contributed by atoms with Crippen LogP contribution in [-0.2, 0) is 9.53 Å². The van der Waals surface area contributed by atoms with Crippen LogP contribution in [0, 0.1) is 5.82 Å². The molecule has 0 amide bonds. The van der Waals surface area contributed by atoms with Gasteiger partial charge in [0.25, 0.3) is 5.56 Å². The average Bonchev–Trinajstić information content (AvgIpc) is 2.98. The number of benzene rings is 1. The van der Waals surface area contributed by atoms with E-state index in [0.29, 0.717) is 20.9 Å². The molecule has 3 rings (SSSR count). The van der Waals surface area contributed by atoms with Gasteiger partial charge >= 0.3 is 5.97 Å². The number of thiophene rings is 1. The van der Waals surface area contributed by atoms with Crippen LogP contribution in [0.5, 0.6) is 0 Å². The fourth-order valence-corrected chi connectivity index (χ4v) is 3.72. The Kier molecular flexibility index (Phi) is 4.44. The Morgan fingerprint density at radius 2 is 2.13 bits per heavy atom. The number of aromatic amines is 1. The van der Waals surface area contributed by atoms with Crippen molar-refractivity contribution in [1.29, 1.82) is 0 Å². The number of nitrogens with zero attached hydrogens (tertiary/aromatic N) is 1. The van der Waals surface area contributed by atoms with Gasteiger partial charge in [-0.1, -0.05) is 23.9 Å². The Hall–Kier alpha value is -2.19. The highest BCUT2D eigenvalue weighted by atomic mass is 32.2. The minimum Gasteiger partial charge on any atom is -0.468 e. The molecule has 0 saturated heterocycles. The second kappa shape index (κ2) is 6.51. The predicted octanol–water partition coefficient (Wildman–Crippen LogP) is 3.06. The summed E-state index contributed by atoms with van der Waals surface area (Å²) in [6, 6.07) is 5.94. The van der Waals surface area contributed by atoms with Crippen LogP contribution >= 0.6 is 23.1 Å². The molecule has 3 aromatic rings. The minimum atomic E-state index is -0.393. The normalized spacial score (nSPS) is 10.9. The monoisotopic (exact) mass is 350 g/mol. The van der Waals surface area contributed by atoms with Gasteiger partial charge in [0.15, 0.2) is 5.16 Å². The van der Waals surface area contributed by atoms with Crippen LogP contribution in [0.15, 0.2) is 39.6 Å². The second-order valence-electron chi connectivity index (χ2n) is 4.57. The van der Waals surface area contributed by atoms with Gasteiger partial charge in [0.1, 0.15) is 10.6 Å². The molecule has 0 radical (unpaired) electrons. The molecule has 1 N–H and O–H groups in total. The molecule has 5 nitrogen and oxygen atoms in total. The lowest BCUT2D eigenvalue weighted by Crippen LogP contribution is -2.10. The summed E-state index contributed by atoms with van der Waals surface area (Å²) in [5.41, 5.74) is 1.17. The number of ether oxygens (including phenoxy) is 1. The SMILES string of the molecule is COC(=O)CSc1nc2scc(-c3ccc(F)cc3)c2c(=O)[nH]1. The van der Waals surface area contributed by atoms with E-state index >= 15 is 0 Å². The fourth-order valence-electron chi connectivity index (χ4n) is 2.03. The number of esters is 1. The maximum atomic E-state index is 13.0. The van der Waals surface area contributed by atoms with Gasteiger partial charge in [0, 0.05) is 10.9 Å². The third-order valence-corrected chi connectivity index (χ3v) is 4.85. The van der Waals surface area contributed by atoms with Crippen LogP contribution in [0.2, 0.25) is 0 Å². The molecule has 2 aromatic heterocycles. The first kappa shape index (κ1) is 15.7. The quantitative estimate of drug-likeness (QED) is 0.445. The molecule has 0 aliphatic heterocycles. The van der Waals surface area contributed by atoms with Crippen LogP contribution in [0.3, 0.4) is 0 Å². The predicted molar refractivity (Wildman–Crippen MR) is 88.4 cm³/mol. The van der Waals surface area contributed by atoms with E-state index < -0.39 is 5.97 Å². The van der Waals surface area contributed by atoms with Crippen molar-refractivity contribution in [1.82, 2.24) is 9.97 Å². The van der Waals surface area contributed by atoms with Crippen LogP contribution in [0.25, 0.3) is 21.3 Å². The summed E-state index contributed by atoms with van der Waals surface area (Å²) in [4.78, 5) is 31.1. The lowest BCUT2D eigenvalue weighted by Gasteiger charge is -2.02. The summed E-state index contributed by atoms with van der Waals surface area (Å²) < 4.78 is 17.6. The van der Waals surface area contributed by atoms with Crippen LogP contribution in [0.4, 0.5) is 4.39 Å². The van der Waals surface area contributed by atoms with Gasteiger partial charge in [-0.15, -0.1) is 11.3 Å². The molecular formula is C15H11FN2O3S2. The molecule has 1 aromatic carbocycles. The van der Waals surface area contributed by atoms with Crippen molar-refractivity contribution in [2.24, 2.45) is 0 Å². The first-order valence-electron chi connectivity index (χ1n) is 6.55. The van der Waals surface area contributed by atoms with Gasteiger partial charge in [0.05, 0.1) is 18.2 Å². The Labute approximate surface area is 138 Å². The summed E-state index contributed by atoms with van der Waals surface area (Å²) in [5, 5.41) is 2.64. The molecule has 0 bridgehead atoms. The van der Waals surface area contributed by atoms with E-state index in [1.54, 1.807) is 12.1 Å². The number of halogens is 1. The molecule has 23 heavy (non-hydrogen) atoms. The van der Waals surface area contributed by atoms with Crippen molar-refractivity contribution in [3.8, 4) is 11.1 Å². The van der Waals surface area contributed by atoms with Crippen molar-refractivity contribution in [3.63, 3.8) is 0 Å². The summed E-state index contributed by atoms with van der Waals surface area (Å²) in [6.45, 7) is 0. The molecular weight excluding hydrogens is 339 g/mol. The summed E-state index contributed by atoms with van der Waals surface area (Å²) in [6.07, 6.45) is 0. The number of H-pyrrole nitrogens is 1. The van der Waals surface area contributed by atoms with E-state index in [1.165, 1.54) is 30.6 Å². The van der Waals surface area contributed by atoms with E-state index in [9.17, 15) is 14.0 Å². The first-order valence-corrected chi connectivity index (χ1v) is 8.42. The largest absolute Gasteiger partial charge is 0.468 e. The van der Waals surface area contributed by atoms with Crippen molar-refractivity contribution in [2.75, 3.05) is 12.9 Å². The Morgan fingerprint density at radius 3 is 2.83 bits per heavy atom. The maximum absolute atomic E-state index is 13.0. The molecule has 0 fully saturated rings. The lowest BCUT2D eigenvalue weighted by atomic mass is 10.1. The van der Waals surface area contributed by atoms with Crippen molar-refractivity contribution in [3.05, 3.63) is 45.8 Å². The van der Waals surface area contributed by atoms with Crippen molar-refractivity contribution >= 4 is 39.3 Å². The van der Waals surface area contributed by atoms with E-state index in [1.807, 2.05) is 5.38 Å². The number of hydrogen-bond acceptors (Lipinski definition) is 6. The number of carbonyl (C=O) groups is 1. The smallest absolute Gasteiger partial charge is 0.316 e. The zero-order valence-corrected chi connectivity index (χ0v) is 13.6. The number of thioether (sulfide) groups is 1. The molecule has 2 heterocycles. The molecule has 0 aliphatic rings. The number of carbonyl (C=O) groups excluding carboxylic acids is 1. The van der Waals surface area contributed by atoms with Gasteiger partial charge in [0.2, 0.25) is 0 Å². The lowest BCUT2D eigenvalue weighted by molar-refractivity contribution is -0.137. The van der Waals surface area contributed by atoms with E-state index in [4.69, 9.17) is 0 Å². The third-order valence-electron chi connectivity index (χ3n) is 3.13. The zero-order chi connectivity index (χ0) is 16.4. The van der Waals surface area contributed by atoms with Gasteiger partial charge in [-0.25, -0.2) is 9.37 Å². The third kappa shape index (κ3) is 3.27. The molecule has 118 valence electrons. The topological polar surface area (TPSA) is 72.0 Å². The van der Waals surface area contributed by atoms with Gasteiger partial charge in [-0.05, 0) is 17.7 Å². The number of rotatable bonds is 4. The van der Waals surface area contributed by atoms with Crippen LogP contribution in [-0.4, -0.2) is 28.8 Å². The number of nitrogens with one attached hydrogen (secondary N) is 1. The highest BCUT2D eigenvalue weighted by Crippen LogP contribution is 2.31.